The zero-order chi connectivity index (χ0) is 14.1. The minimum absolute atomic E-state index is 0.179. The second-order valence-electron chi connectivity index (χ2n) is 4.56. The number of aromatic nitrogens is 1. The molecule has 0 saturated carbocycles. The van der Waals surface area contributed by atoms with E-state index in [0.29, 0.717) is 16.8 Å². The molecule has 2 atom stereocenters. The van der Waals surface area contributed by atoms with Crippen molar-refractivity contribution in [1.82, 2.24) is 4.98 Å². The summed E-state index contributed by atoms with van der Waals surface area (Å²) in [5, 5.41) is 0.0589. The summed E-state index contributed by atoms with van der Waals surface area (Å²) in [5.41, 5.74) is 8.54. The average molecular weight is 286 g/mol. The van der Waals surface area contributed by atoms with Crippen molar-refractivity contribution in [3.8, 4) is 0 Å². The Hall–Kier alpha value is -2.14. The van der Waals surface area contributed by atoms with Gasteiger partial charge in [-0.1, -0.05) is 30.3 Å². The van der Waals surface area contributed by atoms with E-state index >= 15 is 0 Å². The van der Waals surface area contributed by atoms with Gasteiger partial charge >= 0.3 is 0 Å². The van der Waals surface area contributed by atoms with Crippen molar-refractivity contribution < 1.29 is 8.63 Å². The van der Waals surface area contributed by atoms with Crippen molar-refractivity contribution in [2.75, 3.05) is 5.73 Å². The molecule has 1 aromatic heterocycles. The van der Waals surface area contributed by atoms with Crippen molar-refractivity contribution in [2.45, 2.75) is 17.4 Å². The Kier molecular flexibility index (Phi) is 3.28. The molecule has 0 aliphatic carbocycles. The number of benzene rings is 2. The summed E-state index contributed by atoms with van der Waals surface area (Å²) < 4.78 is 18.1. The van der Waals surface area contributed by atoms with E-state index in [1.807, 2.05) is 37.3 Å². The summed E-state index contributed by atoms with van der Waals surface area (Å²) in [6.45, 7) is 1.90. The van der Waals surface area contributed by atoms with E-state index in [-0.39, 0.29) is 10.5 Å². The van der Waals surface area contributed by atoms with Crippen LogP contribution in [0, 0.1) is 0 Å². The first-order chi connectivity index (χ1) is 9.65. The third kappa shape index (κ3) is 2.32. The monoisotopic (exact) mass is 286 g/mol. The lowest BCUT2D eigenvalue weighted by Gasteiger charge is -2.08. The van der Waals surface area contributed by atoms with Crippen LogP contribution in [-0.2, 0) is 10.8 Å². The summed E-state index contributed by atoms with van der Waals surface area (Å²) in [5.74, 6) is 0. The van der Waals surface area contributed by atoms with Gasteiger partial charge in [0.2, 0.25) is 0 Å². The van der Waals surface area contributed by atoms with E-state index < -0.39 is 10.8 Å². The summed E-state index contributed by atoms with van der Waals surface area (Å²) >= 11 is 0. The zero-order valence-electron chi connectivity index (χ0n) is 10.9. The molecule has 5 heteroatoms. The van der Waals surface area contributed by atoms with Crippen LogP contribution in [0.25, 0.3) is 11.1 Å². The Labute approximate surface area is 119 Å². The molecule has 3 rings (SSSR count). The number of nitrogens with two attached hydrogens (primary N) is 1. The Bertz CT molecular complexity index is 768. The third-order valence-electron chi connectivity index (χ3n) is 3.15. The molecule has 2 N–H and O–H groups in total. The van der Waals surface area contributed by atoms with Crippen LogP contribution in [0.2, 0.25) is 0 Å². The van der Waals surface area contributed by atoms with Gasteiger partial charge in [-0.05, 0) is 30.7 Å². The molecule has 20 heavy (non-hydrogen) atoms. The minimum Gasteiger partial charge on any atom is -0.430 e. The second-order valence-corrected chi connectivity index (χ2v) is 6.21. The minimum atomic E-state index is -1.34. The smallest absolute Gasteiger partial charge is 0.288 e. The van der Waals surface area contributed by atoms with Gasteiger partial charge in [0.25, 0.3) is 5.22 Å². The van der Waals surface area contributed by atoms with E-state index in [1.165, 1.54) is 0 Å². The van der Waals surface area contributed by atoms with Gasteiger partial charge in [0.15, 0.2) is 5.58 Å². The number of fused-ring (bicyclic) bond motifs is 1. The second kappa shape index (κ2) is 5.09. The van der Waals surface area contributed by atoms with Gasteiger partial charge in [0.1, 0.15) is 16.3 Å². The van der Waals surface area contributed by atoms with Gasteiger partial charge in [-0.3, -0.25) is 0 Å². The summed E-state index contributed by atoms with van der Waals surface area (Å²) in [4.78, 5) is 4.27. The number of hydrogen-bond acceptors (Lipinski definition) is 4. The first-order valence-electron chi connectivity index (χ1n) is 6.27. The number of nitrogens with zero attached hydrogens (tertiary/aromatic N) is 1. The first kappa shape index (κ1) is 12.9. The van der Waals surface area contributed by atoms with Crippen LogP contribution >= 0.6 is 0 Å². The number of hydrogen-bond donors (Lipinski definition) is 1. The summed E-state index contributed by atoms with van der Waals surface area (Å²) in [7, 11) is -1.34. The van der Waals surface area contributed by atoms with E-state index in [1.54, 1.807) is 18.2 Å². The molecule has 0 saturated heterocycles. The molecule has 102 valence electrons. The fourth-order valence-corrected chi connectivity index (χ4v) is 3.08. The molecule has 0 radical (unpaired) electrons. The van der Waals surface area contributed by atoms with Crippen LogP contribution in [0.1, 0.15) is 17.7 Å². The maximum atomic E-state index is 12.5. The Morgan fingerprint density at radius 1 is 1.20 bits per heavy atom. The number of oxazole rings is 1. The molecule has 0 aliphatic rings. The lowest BCUT2D eigenvalue weighted by atomic mass is 10.2. The van der Waals surface area contributed by atoms with Gasteiger partial charge in [0.05, 0.1) is 5.25 Å². The molecule has 0 amide bonds. The van der Waals surface area contributed by atoms with Crippen molar-refractivity contribution in [1.29, 1.82) is 0 Å². The van der Waals surface area contributed by atoms with Crippen LogP contribution in [-0.4, -0.2) is 9.19 Å². The number of rotatable bonds is 3. The first-order valence-corrected chi connectivity index (χ1v) is 7.48. The normalized spacial score (nSPS) is 14.2. The van der Waals surface area contributed by atoms with Crippen molar-refractivity contribution >= 4 is 27.6 Å². The molecular weight excluding hydrogens is 272 g/mol. The SMILES string of the molecule is CC(c1ccccc1)S(=O)c1nc2cc(N)ccc2o1. The van der Waals surface area contributed by atoms with Gasteiger partial charge in [-0.25, -0.2) is 9.19 Å². The molecule has 4 nitrogen and oxygen atoms in total. The predicted octanol–water partition coefficient (Wildman–Crippen LogP) is 3.28. The van der Waals surface area contributed by atoms with Gasteiger partial charge in [0, 0.05) is 5.69 Å². The molecule has 0 bridgehead atoms. The Balaban J connectivity index is 1.96. The largest absolute Gasteiger partial charge is 0.430 e. The van der Waals surface area contributed by atoms with Crippen LogP contribution < -0.4 is 5.73 Å². The zero-order valence-corrected chi connectivity index (χ0v) is 11.8. The maximum absolute atomic E-state index is 12.5. The van der Waals surface area contributed by atoms with Crippen LogP contribution in [0.4, 0.5) is 5.69 Å². The van der Waals surface area contributed by atoms with Gasteiger partial charge < -0.3 is 10.2 Å². The van der Waals surface area contributed by atoms with E-state index in [4.69, 9.17) is 10.2 Å². The molecule has 0 fully saturated rings. The predicted molar refractivity (Wildman–Crippen MR) is 79.7 cm³/mol. The molecule has 1 heterocycles. The molecular formula is C15H14N2O2S. The van der Waals surface area contributed by atoms with Gasteiger partial charge in [-0.2, -0.15) is 0 Å². The standard InChI is InChI=1S/C15H14N2O2S/c1-10(11-5-3-2-4-6-11)20(18)15-17-13-9-12(16)7-8-14(13)19-15/h2-10H,16H2,1H3. The highest BCUT2D eigenvalue weighted by Crippen LogP contribution is 2.27. The van der Waals surface area contributed by atoms with Crippen LogP contribution in [0.3, 0.4) is 0 Å². The average Bonchev–Trinajstić information content (AvgIpc) is 2.89. The van der Waals surface area contributed by atoms with Crippen molar-refractivity contribution in [3.63, 3.8) is 0 Å². The maximum Gasteiger partial charge on any atom is 0.288 e. The van der Waals surface area contributed by atoms with Crippen molar-refractivity contribution in [3.05, 3.63) is 54.1 Å². The highest BCUT2D eigenvalue weighted by Gasteiger charge is 2.20. The summed E-state index contributed by atoms with van der Waals surface area (Å²) in [6.07, 6.45) is 0. The topological polar surface area (TPSA) is 69.1 Å². The molecule has 2 aromatic carbocycles. The van der Waals surface area contributed by atoms with E-state index in [2.05, 4.69) is 4.98 Å². The molecule has 0 spiro atoms. The fourth-order valence-electron chi connectivity index (χ4n) is 2.01. The van der Waals surface area contributed by atoms with E-state index in [9.17, 15) is 4.21 Å². The van der Waals surface area contributed by atoms with Crippen LogP contribution in [0.15, 0.2) is 58.2 Å². The lowest BCUT2D eigenvalue weighted by Crippen LogP contribution is -2.03. The summed E-state index contributed by atoms with van der Waals surface area (Å²) in [6, 6.07) is 14.9. The fraction of sp³-hybridized carbons (Fsp3) is 0.133. The molecule has 2 unspecified atom stereocenters. The van der Waals surface area contributed by atoms with Gasteiger partial charge in [-0.15, -0.1) is 0 Å². The van der Waals surface area contributed by atoms with E-state index in [0.717, 1.165) is 5.56 Å². The van der Waals surface area contributed by atoms with Crippen LogP contribution in [0.5, 0.6) is 0 Å². The van der Waals surface area contributed by atoms with Crippen molar-refractivity contribution in [2.24, 2.45) is 0 Å². The molecule has 3 aromatic rings. The number of anilines is 1. The third-order valence-corrected chi connectivity index (χ3v) is 4.59. The Morgan fingerprint density at radius 3 is 2.70 bits per heavy atom. The molecule has 0 aliphatic heterocycles. The highest BCUT2D eigenvalue weighted by molar-refractivity contribution is 7.85. The lowest BCUT2D eigenvalue weighted by molar-refractivity contribution is 0.476. The number of nitrogen functional groups attached to an aromatic ring is 1. The quantitative estimate of drug-likeness (QED) is 0.750. The highest BCUT2D eigenvalue weighted by atomic mass is 32.2. The Morgan fingerprint density at radius 2 is 1.95 bits per heavy atom.